The van der Waals surface area contributed by atoms with E-state index in [1.165, 1.54) is 18.3 Å². The number of rotatable bonds is 1. The summed E-state index contributed by atoms with van der Waals surface area (Å²) in [4.78, 5) is 15.5. The Morgan fingerprint density at radius 2 is 1.94 bits per heavy atom. The van der Waals surface area contributed by atoms with Gasteiger partial charge in [0.25, 0.3) is 0 Å². The van der Waals surface area contributed by atoms with E-state index in [0.29, 0.717) is 11.3 Å². The minimum atomic E-state index is -4.38. The van der Waals surface area contributed by atoms with Gasteiger partial charge in [0.15, 0.2) is 0 Å². The first-order valence-corrected chi connectivity index (χ1v) is 4.42. The van der Waals surface area contributed by atoms with Gasteiger partial charge >= 0.3 is 11.9 Å². The van der Waals surface area contributed by atoms with Crippen molar-refractivity contribution >= 4 is 0 Å². The fourth-order valence-electron chi connectivity index (χ4n) is 1.35. The lowest BCUT2D eigenvalue weighted by molar-refractivity contribution is -0.137. The molecule has 0 fully saturated rings. The number of halogens is 3. The van der Waals surface area contributed by atoms with Gasteiger partial charge in [-0.3, -0.25) is 0 Å². The molecule has 2 N–H and O–H groups in total. The van der Waals surface area contributed by atoms with Crippen LogP contribution in [-0.4, -0.2) is 9.97 Å². The number of imidazole rings is 1. The van der Waals surface area contributed by atoms with Crippen LogP contribution in [0.4, 0.5) is 13.2 Å². The predicted octanol–water partition coefficient (Wildman–Crippen LogP) is 2.39. The lowest BCUT2D eigenvalue weighted by Gasteiger charge is -2.07. The van der Waals surface area contributed by atoms with Crippen LogP contribution in [0.2, 0.25) is 0 Å². The predicted molar refractivity (Wildman–Crippen MR) is 51.9 cm³/mol. The molecule has 1 heterocycles. The molecule has 6 heteroatoms. The number of H-pyrrole nitrogens is 2. The molecule has 0 aliphatic carbocycles. The van der Waals surface area contributed by atoms with Gasteiger partial charge < -0.3 is 9.97 Å². The Hall–Kier alpha value is -1.98. The van der Waals surface area contributed by atoms with Gasteiger partial charge in [-0.1, -0.05) is 12.1 Å². The van der Waals surface area contributed by atoms with Crippen molar-refractivity contribution < 1.29 is 13.2 Å². The topological polar surface area (TPSA) is 48.6 Å². The second-order valence-electron chi connectivity index (χ2n) is 3.24. The Kier molecular flexibility index (Phi) is 2.34. The zero-order valence-electron chi connectivity index (χ0n) is 7.93. The van der Waals surface area contributed by atoms with Crippen LogP contribution < -0.4 is 5.69 Å². The van der Waals surface area contributed by atoms with E-state index in [9.17, 15) is 18.0 Å². The molecule has 0 aliphatic rings. The lowest BCUT2D eigenvalue weighted by Crippen LogP contribution is -2.04. The van der Waals surface area contributed by atoms with Gasteiger partial charge in [-0.15, -0.1) is 0 Å². The van der Waals surface area contributed by atoms with Gasteiger partial charge in [0, 0.05) is 11.8 Å². The smallest absolute Gasteiger partial charge is 0.312 e. The highest BCUT2D eigenvalue weighted by Gasteiger charge is 2.30. The first kappa shape index (κ1) is 10.5. The van der Waals surface area contributed by atoms with Crippen molar-refractivity contribution in [3.05, 3.63) is 46.5 Å². The highest BCUT2D eigenvalue weighted by atomic mass is 19.4. The third kappa shape index (κ3) is 2.00. The van der Waals surface area contributed by atoms with Crippen LogP contribution in [0, 0.1) is 0 Å². The quantitative estimate of drug-likeness (QED) is 0.773. The first-order chi connectivity index (χ1) is 7.47. The molecule has 1 aromatic carbocycles. The molecule has 0 radical (unpaired) electrons. The van der Waals surface area contributed by atoms with E-state index in [1.807, 2.05) is 0 Å². The maximum Gasteiger partial charge on any atom is 0.416 e. The summed E-state index contributed by atoms with van der Waals surface area (Å²) in [6.07, 6.45) is -3.05. The maximum atomic E-state index is 12.4. The molecule has 1 aromatic heterocycles. The molecule has 0 unspecified atom stereocenters. The number of benzene rings is 1. The third-order valence-electron chi connectivity index (χ3n) is 2.10. The molecule has 84 valence electrons. The Morgan fingerprint density at radius 3 is 2.50 bits per heavy atom. The Bertz CT molecular complexity index is 553. The van der Waals surface area contributed by atoms with Crippen LogP contribution in [0.25, 0.3) is 11.3 Å². The summed E-state index contributed by atoms with van der Waals surface area (Å²) in [7, 11) is 0. The molecule has 0 saturated heterocycles. The summed E-state index contributed by atoms with van der Waals surface area (Å²) in [5.74, 6) is 0. The lowest BCUT2D eigenvalue weighted by atomic mass is 10.1. The summed E-state index contributed by atoms with van der Waals surface area (Å²) in [6, 6.07) is 4.76. The van der Waals surface area contributed by atoms with Crippen molar-refractivity contribution in [2.75, 3.05) is 0 Å². The molecule has 0 spiro atoms. The average Bonchev–Trinajstić information content (AvgIpc) is 2.64. The number of hydrogen-bond donors (Lipinski definition) is 2. The van der Waals surface area contributed by atoms with Crippen LogP contribution in [0.15, 0.2) is 35.3 Å². The number of aromatic nitrogens is 2. The van der Waals surface area contributed by atoms with Crippen LogP contribution in [0.5, 0.6) is 0 Å². The third-order valence-corrected chi connectivity index (χ3v) is 2.10. The Balaban J connectivity index is 2.48. The van der Waals surface area contributed by atoms with E-state index in [-0.39, 0.29) is 0 Å². The van der Waals surface area contributed by atoms with E-state index < -0.39 is 17.4 Å². The second-order valence-corrected chi connectivity index (χ2v) is 3.24. The van der Waals surface area contributed by atoms with Crippen LogP contribution in [0.1, 0.15) is 5.56 Å². The number of aromatic amines is 2. The minimum Gasteiger partial charge on any atom is -0.312 e. The highest BCUT2D eigenvalue weighted by Crippen LogP contribution is 2.31. The average molecular weight is 228 g/mol. The fraction of sp³-hybridized carbons (Fsp3) is 0.100. The van der Waals surface area contributed by atoms with Gasteiger partial charge in [0.1, 0.15) is 0 Å². The van der Waals surface area contributed by atoms with Crippen LogP contribution in [-0.2, 0) is 6.18 Å². The number of alkyl halides is 3. The van der Waals surface area contributed by atoms with Crippen molar-refractivity contribution in [3.63, 3.8) is 0 Å². The van der Waals surface area contributed by atoms with E-state index in [2.05, 4.69) is 9.97 Å². The molecule has 3 nitrogen and oxygen atoms in total. The van der Waals surface area contributed by atoms with Gasteiger partial charge in [-0.05, 0) is 12.1 Å². The van der Waals surface area contributed by atoms with Gasteiger partial charge in [-0.2, -0.15) is 13.2 Å². The molecule has 0 atom stereocenters. The van der Waals surface area contributed by atoms with E-state index in [4.69, 9.17) is 0 Å². The second kappa shape index (κ2) is 3.55. The van der Waals surface area contributed by atoms with E-state index >= 15 is 0 Å². The molecule has 16 heavy (non-hydrogen) atoms. The molecule has 2 aromatic rings. The number of hydrogen-bond acceptors (Lipinski definition) is 1. The van der Waals surface area contributed by atoms with Crippen molar-refractivity contribution in [1.82, 2.24) is 9.97 Å². The standard InChI is InChI=1S/C10H7F3N2O/c11-10(12,13)7-3-1-2-6(4-7)8-5-14-9(16)15-8/h1-5H,(H2,14,15,16). The Labute approximate surface area is 87.9 Å². The fourth-order valence-corrected chi connectivity index (χ4v) is 1.35. The maximum absolute atomic E-state index is 12.4. The van der Waals surface area contributed by atoms with Crippen LogP contribution in [0.3, 0.4) is 0 Å². The molecule has 0 amide bonds. The molecular weight excluding hydrogens is 221 g/mol. The highest BCUT2D eigenvalue weighted by molar-refractivity contribution is 5.59. The SMILES string of the molecule is O=c1[nH]cc(-c2cccc(C(F)(F)F)c2)[nH]1. The molecule has 0 saturated carbocycles. The van der Waals surface area contributed by atoms with Gasteiger partial charge in [0.2, 0.25) is 0 Å². The van der Waals surface area contributed by atoms with Gasteiger partial charge in [-0.25, -0.2) is 4.79 Å². The Morgan fingerprint density at radius 1 is 1.19 bits per heavy atom. The van der Waals surface area contributed by atoms with E-state index in [0.717, 1.165) is 12.1 Å². The van der Waals surface area contributed by atoms with Crippen LogP contribution >= 0.6 is 0 Å². The van der Waals surface area contributed by atoms with E-state index in [1.54, 1.807) is 0 Å². The number of nitrogens with one attached hydrogen (secondary N) is 2. The molecule has 0 bridgehead atoms. The normalized spacial score (nSPS) is 11.7. The molecule has 0 aliphatic heterocycles. The summed E-state index contributed by atoms with van der Waals surface area (Å²) in [5, 5.41) is 0. The summed E-state index contributed by atoms with van der Waals surface area (Å²) in [5.41, 5.74) is -0.552. The zero-order chi connectivity index (χ0) is 11.8. The molecule has 2 rings (SSSR count). The first-order valence-electron chi connectivity index (χ1n) is 4.42. The van der Waals surface area contributed by atoms with Gasteiger partial charge in [0.05, 0.1) is 11.3 Å². The summed E-state index contributed by atoms with van der Waals surface area (Å²) >= 11 is 0. The summed E-state index contributed by atoms with van der Waals surface area (Å²) in [6.45, 7) is 0. The zero-order valence-corrected chi connectivity index (χ0v) is 7.93. The molecular formula is C10H7F3N2O. The van der Waals surface area contributed by atoms with Crippen molar-refractivity contribution in [2.45, 2.75) is 6.18 Å². The summed E-state index contributed by atoms with van der Waals surface area (Å²) < 4.78 is 37.2. The largest absolute Gasteiger partial charge is 0.416 e. The van der Waals surface area contributed by atoms with Crippen molar-refractivity contribution in [3.8, 4) is 11.3 Å². The minimum absolute atomic E-state index is 0.313. The monoisotopic (exact) mass is 228 g/mol. The van der Waals surface area contributed by atoms with Crippen molar-refractivity contribution in [2.24, 2.45) is 0 Å². The van der Waals surface area contributed by atoms with Crippen molar-refractivity contribution in [1.29, 1.82) is 0 Å².